The molecule has 14 heavy (non-hydrogen) atoms. The predicted molar refractivity (Wildman–Crippen MR) is 51.3 cm³/mol. The van der Waals surface area contributed by atoms with Crippen molar-refractivity contribution in [1.29, 1.82) is 0 Å². The Labute approximate surface area is 85.7 Å². The van der Waals surface area contributed by atoms with E-state index in [0.29, 0.717) is 5.69 Å². The van der Waals surface area contributed by atoms with Crippen LogP contribution in [0.5, 0.6) is 0 Å². The zero-order valence-corrected chi connectivity index (χ0v) is 7.99. The minimum Gasteiger partial charge on any atom is -0.447 e. The van der Waals surface area contributed by atoms with Gasteiger partial charge in [-0.2, -0.15) is 0 Å². The molecule has 6 heteroatoms. The lowest BCUT2D eigenvalue weighted by Gasteiger charge is -2.05. The van der Waals surface area contributed by atoms with Crippen LogP contribution in [0, 0.1) is 0 Å². The summed E-state index contributed by atoms with van der Waals surface area (Å²) >= 11 is 5.67. The van der Waals surface area contributed by atoms with Gasteiger partial charge in [0.2, 0.25) is 0 Å². The number of halogens is 1. The highest BCUT2D eigenvalue weighted by Gasteiger charge is 2.05. The van der Waals surface area contributed by atoms with Crippen molar-refractivity contribution in [2.75, 3.05) is 18.5 Å². The number of nitrogens with one attached hydrogen (secondary N) is 1. The molecule has 0 aliphatic carbocycles. The molecule has 1 amide bonds. The van der Waals surface area contributed by atoms with Crippen LogP contribution in [0.4, 0.5) is 10.5 Å². The molecule has 0 unspecified atom stereocenters. The number of hydrogen-bond acceptors (Lipinski definition) is 4. The number of carbonyl (C=O) groups is 1. The van der Waals surface area contributed by atoms with E-state index in [1.807, 2.05) is 0 Å². The summed E-state index contributed by atoms with van der Waals surface area (Å²) in [4.78, 5) is 14.8. The standard InChI is InChI=1S/C8H9ClN2O3/c9-7-6(2-1-3-10-7)11-8(13)14-5-4-12/h1-3,12H,4-5H2,(H,11,13). The maximum Gasteiger partial charge on any atom is 0.411 e. The third kappa shape index (κ3) is 3.20. The normalized spacial score (nSPS) is 9.57. The van der Waals surface area contributed by atoms with Gasteiger partial charge in [-0.3, -0.25) is 5.32 Å². The second-order valence-electron chi connectivity index (χ2n) is 2.33. The largest absolute Gasteiger partial charge is 0.447 e. The van der Waals surface area contributed by atoms with E-state index in [9.17, 15) is 4.79 Å². The molecule has 0 fully saturated rings. The molecule has 1 aromatic rings. The fraction of sp³-hybridized carbons (Fsp3) is 0.250. The van der Waals surface area contributed by atoms with Gasteiger partial charge >= 0.3 is 6.09 Å². The SMILES string of the molecule is O=C(Nc1cccnc1Cl)OCCO. The first-order chi connectivity index (χ1) is 6.74. The van der Waals surface area contributed by atoms with E-state index < -0.39 is 6.09 Å². The molecule has 1 heterocycles. The number of hydrogen-bond donors (Lipinski definition) is 2. The summed E-state index contributed by atoms with van der Waals surface area (Å²) in [6.45, 7) is -0.266. The Hall–Kier alpha value is -1.33. The summed E-state index contributed by atoms with van der Waals surface area (Å²) in [5, 5.41) is 11.0. The van der Waals surface area contributed by atoms with Crippen LogP contribution in [0.15, 0.2) is 18.3 Å². The van der Waals surface area contributed by atoms with E-state index in [1.165, 1.54) is 6.20 Å². The van der Waals surface area contributed by atoms with Crippen LogP contribution >= 0.6 is 11.6 Å². The maximum atomic E-state index is 11.0. The molecule has 0 spiro atoms. The fourth-order valence-electron chi connectivity index (χ4n) is 0.764. The molecule has 0 saturated heterocycles. The van der Waals surface area contributed by atoms with Gasteiger partial charge in [-0.25, -0.2) is 9.78 Å². The van der Waals surface area contributed by atoms with Gasteiger partial charge in [0, 0.05) is 6.20 Å². The van der Waals surface area contributed by atoms with Gasteiger partial charge < -0.3 is 9.84 Å². The van der Waals surface area contributed by atoms with E-state index >= 15 is 0 Å². The van der Waals surface area contributed by atoms with Crippen molar-refractivity contribution < 1.29 is 14.6 Å². The summed E-state index contributed by atoms with van der Waals surface area (Å²) in [7, 11) is 0. The van der Waals surface area contributed by atoms with Crippen molar-refractivity contribution in [3.63, 3.8) is 0 Å². The smallest absolute Gasteiger partial charge is 0.411 e. The Morgan fingerprint density at radius 2 is 2.50 bits per heavy atom. The second kappa shape index (κ2) is 5.41. The molecule has 1 rings (SSSR count). The lowest BCUT2D eigenvalue weighted by molar-refractivity contribution is 0.131. The Morgan fingerprint density at radius 1 is 1.71 bits per heavy atom. The van der Waals surface area contributed by atoms with E-state index in [1.54, 1.807) is 12.1 Å². The summed E-state index contributed by atoms with van der Waals surface area (Å²) in [6, 6.07) is 3.23. The highest BCUT2D eigenvalue weighted by Crippen LogP contribution is 2.17. The monoisotopic (exact) mass is 216 g/mol. The minimum absolute atomic E-state index is 0.0519. The first-order valence-corrected chi connectivity index (χ1v) is 4.27. The molecule has 2 N–H and O–H groups in total. The molecule has 0 radical (unpaired) electrons. The number of nitrogens with zero attached hydrogens (tertiary/aromatic N) is 1. The molecule has 5 nitrogen and oxygen atoms in total. The van der Waals surface area contributed by atoms with Crippen LogP contribution in [0.2, 0.25) is 5.15 Å². The number of amides is 1. The molecule has 0 atom stereocenters. The van der Waals surface area contributed by atoms with E-state index in [2.05, 4.69) is 15.0 Å². The van der Waals surface area contributed by atoms with Crippen LogP contribution < -0.4 is 5.32 Å². The number of aliphatic hydroxyl groups is 1. The molecule has 0 aromatic carbocycles. The molecule has 0 saturated carbocycles. The Morgan fingerprint density at radius 3 is 3.14 bits per heavy atom. The lowest BCUT2D eigenvalue weighted by atomic mass is 10.4. The van der Waals surface area contributed by atoms with Crippen LogP contribution in [-0.4, -0.2) is 29.4 Å². The Bertz CT molecular complexity index is 319. The average Bonchev–Trinajstić information content (AvgIpc) is 2.18. The van der Waals surface area contributed by atoms with Crippen molar-refractivity contribution in [2.45, 2.75) is 0 Å². The van der Waals surface area contributed by atoms with Gasteiger partial charge in [-0.1, -0.05) is 11.6 Å². The second-order valence-corrected chi connectivity index (χ2v) is 2.68. The van der Waals surface area contributed by atoms with Crippen LogP contribution in [-0.2, 0) is 4.74 Å². The lowest BCUT2D eigenvalue weighted by Crippen LogP contribution is -2.16. The molecule has 76 valence electrons. The molecular weight excluding hydrogens is 208 g/mol. The number of aromatic nitrogens is 1. The van der Waals surface area contributed by atoms with Crippen molar-refractivity contribution in [3.8, 4) is 0 Å². The summed E-state index contributed by atoms with van der Waals surface area (Å²) in [5.74, 6) is 0. The van der Waals surface area contributed by atoms with Gasteiger partial charge in [0.05, 0.1) is 12.3 Å². The van der Waals surface area contributed by atoms with Crippen molar-refractivity contribution in [1.82, 2.24) is 4.98 Å². The highest BCUT2D eigenvalue weighted by atomic mass is 35.5. The number of aliphatic hydroxyl groups excluding tert-OH is 1. The van der Waals surface area contributed by atoms with Gasteiger partial charge in [0.25, 0.3) is 0 Å². The average molecular weight is 217 g/mol. The van der Waals surface area contributed by atoms with Crippen LogP contribution in [0.25, 0.3) is 0 Å². The van der Waals surface area contributed by atoms with Crippen molar-refractivity contribution >= 4 is 23.4 Å². The highest BCUT2D eigenvalue weighted by molar-refractivity contribution is 6.32. The zero-order valence-electron chi connectivity index (χ0n) is 7.24. The fourth-order valence-corrected chi connectivity index (χ4v) is 0.930. The number of ether oxygens (including phenoxy) is 1. The quantitative estimate of drug-likeness (QED) is 0.747. The number of carbonyl (C=O) groups excluding carboxylic acids is 1. The van der Waals surface area contributed by atoms with Crippen LogP contribution in [0.3, 0.4) is 0 Å². The summed E-state index contributed by atoms with van der Waals surface area (Å²) < 4.78 is 4.56. The third-order valence-corrected chi connectivity index (χ3v) is 1.62. The first-order valence-electron chi connectivity index (χ1n) is 3.89. The minimum atomic E-state index is -0.672. The summed E-state index contributed by atoms with van der Waals surface area (Å²) in [5.41, 5.74) is 0.372. The van der Waals surface area contributed by atoms with Crippen LogP contribution in [0.1, 0.15) is 0 Å². The van der Waals surface area contributed by atoms with Crippen molar-refractivity contribution in [2.24, 2.45) is 0 Å². The van der Waals surface area contributed by atoms with Crippen molar-refractivity contribution in [3.05, 3.63) is 23.5 Å². The van der Waals surface area contributed by atoms with E-state index in [0.717, 1.165) is 0 Å². The van der Waals surface area contributed by atoms with E-state index in [-0.39, 0.29) is 18.4 Å². The molecule has 1 aromatic heterocycles. The molecule has 0 bridgehead atoms. The number of rotatable bonds is 3. The predicted octanol–water partition coefficient (Wildman–Crippen LogP) is 1.28. The van der Waals surface area contributed by atoms with Gasteiger partial charge in [0.15, 0.2) is 5.15 Å². The topological polar surface area (TPSA) is 71.5 Å². The van der Waals surface area contributed by atoms with Gasteiger partial charge in [0.1, 0.15) is 6.61 Å². The van der Waals surface area contributed by atoms with E-state index in [4.69, 9.17) is 16.7 Å². The first kappa shape index (κ1) is 10.7. The molecular formula is C8H9ClN2O3. The third-order valence-electron chi connectivity index (χ3n) is 1.32. The maximum absolute atomic E-state index is 11.0. The molecule has 0 aliphatic rings. The Kier molecular flexibility index (Phi) is 4.15. The van der Waals surface area contributed by atoms with Gasteiger partial charge in [-0.15, -0.1) is 0 Å². The summed E-state index contributed by atoms with van der Waals surface area (Å²) in [6.07, 6.45) is 0.834. The Balaban J connectivity index is 2.52. The molecule has 0 aliphatic heterocycles. The number of pyridine rings is 1. The zero-order chi connectivity index (χ0) is 10.4. The number of anilines is 1. The van der Waals surface area contributed by atoms with Gasteiger partial charge in [-0.05, 0) is 12.1 Å².